The highest BCUT2D eigenvalue weighted by Crippen LogP contribution is 2.26. The van der Waals surface area contributed by atoms with Crippen LogP contribution in [0, 0.1) is 0 Å². The Morgan fingerprint density at radius 1 is 1.47 bits per heavy atom. The van der Waals surface area contributed by atoms with Crippen LogP contribution in [0.15, 0.2) is 18.2 Å². The molecular weight excluding hydrogens is 216 g/mol. The quantitative estimate of drug-likeness (QED) is 0.734. The average molecular weight is 234 g/mol. The van der Waals surface area contributed by atoms with Crippen LogP contribution in [-0.2, 0) is 11.2 Å². The third kappa shape index (κ3) is 2.84. The van der Waals surface area contributed by atoms with Gasteiger partial charge in [-0.3, -0.25) is 4.79 Å². The molecular formula is C13H18N2O2. The molecule has 1 heterocycles. The van der Waals surface area contributed by atoms with Crippen LogP contribution in [0.5, 0.6) is 0 Å². The van der Waals surface area contributed by atoms with Gasteiger partial charge in [-0.25, -0.2) is 0 Å². The standard InChI is InChI=1S/C13H18N2O2/c1-14-7-6-12(16)10-2-4-11-9(8-10)3-5-13(17)15-11/h2,4,8,12,14,16H,3,5-7H2,1H3,(H,15,17). The van der Waals surface area contributed by atoms with E-state index in [4.69, 9.17) is 0 Å². The van der Waals surface area contributed by atoms with Crippen molar-refractivity contribution in [2.24, 2.45) is 0 Å². The van der Waals surface area contributed by atoms with Gasteiger partial charge in [0.15, 0.2) is 0 Å². The molecule has 1 unspecified atom stereocenters. The number of nitrogens with one attached hydrogen (secondary N) is 2. The topological polar surface area (TPSA) is 61.4 Å². The maximum Gasteiger partial charge on any atom is 0.224 e. The Hall–Kier alpha value is -1.39. The van der Waals surface area contributed by atoms with Gasteiger partial charge in [-0.2, -0.15) is 0 Å². The monoisotopic (exact) mass is 234 g/mol. The van der Waals surface area contributed by atoms with E-state index in [9.17, 15) is 9.90 Å². The Morgan fingerprint density at radius 2 is 2.29 bits per heavy atom. The minimum atomic E-state index is -0.439. The first-order valence-electron chi connectivity index (χ1n) is 5.96. The highest BCUT2D eigenvalue weighted by Gasteiger charge is 2.16. The van der Waals surface area contributed by atoms with Crippen LogP contribution < -0.4 is 10.6 Å². The number of anilines is 1. The lowest BCUT2D eigenvalue weighted by Gasteiger charge is -2.19. The second kappa shape index (κ2) is 5.29. The normalized spacial score (nSPS) is 16.2. The van der Waals surface area contributed by atoms with Crippen molar-refractivity contribution in [2.75, 3.05) is 18.9 Å². The lowest BCUT2D eigenvalue weighted by molar-refractivity contribution is -0.116. The fraction of sp³-hybridized carbons (Fsp3) is 0.462. The first kappa shape index (κ1) is 12.1. The van der Waals surface area contributed by atoms with Gasteiger partial charge in [-0.05, 0) is 43.6 Å². The summed E-state index contributed by atoms with van der Waals surface area (Å²) in [5.41, 5.74) is 2.92. The molecule has 1 aromatic carbocycles. The van der Waals surface area contributed by atoms with Crippen molar-refractivity contribution in [1.82, 2.24) is 5.32 Å². The number of aryl methyl sites for hydroxylation is 1. The Bertz CT molecular complexity index is 418. The Balaban J connectivity index is 2.13. The van der Waals surface area contributed by atoms with Crippen molar-refractivity contribution >= 4 is 11.6 Å². The van der Waals surface area contributed by atoms with Gasteiger partial charge >= 0.3 is 0 Å². The number of aliphatic hydroxyl groups is 1. The van der Waals surface area contributed by atoms with E-state index in [2.05, 4.69) is 10.6 Å². The lowest BCUT2D eigenvalue weighted by Crippen LogP contribution is -2.19. The van der Waals surface area contributed by atoms with Crippen LogP contribution >= 0.6 is 0 Å². The highest BCUT2D eigenvalue weighted by molar-refractivity contribution is 5.93. The SMILES string of the molecule is CNCCC(O)c1ccc2c(c1)CCC(=O)N2. The number of hydrogen-bond donors (Lipinski definition) is 3. The molecule has 0 aromatic heterocycles. The van der Waals surface area contributed by atoms with Gasteiger partial charge < -0.3 is 15.7 Å². The largest absolute Gasteiger partial charge is 0.388 e. The van der Waals surface area contributed by atoms with Gasteiger partial charge in [-0.1, -0.05) is 12.1 Å². The molecule has 0 saturated heterocycles. The molecule has 0 saturated carbocycles. The fourth-order valence-corrected chi connectivity index (χ4v) is 2.06. The molecule has 0 radical (unpaired) electrons. The Kier molecular flexibility index (Phi) is 3.76. The molecule has 0 aliphatic carbocycles. The van der Waals surface area contributed by atoms with Crippen LogP contribution in [0.3, 0.4) is 0 Å². The van der Waals surface area contributed by atoms with E-state index >= 15 is 0 Å². The Morgan fingerprint density at radius 3 is 3.06 bits per heavy atom. The van der Waals surface area contributed by atoms with Crippen LogP contribution in [-0.4, -0.2) is 24.6 Å². The first-order valence-corrected chi connectivity index (χ1v) is 5.96. The predicted octanol–water partition coefficient (Wildman–Crippen LogP) is 1.21. The van der Waals surface area contributed by atoms with Gasteiger partial charge in [0.05, 0.1) is 6.10 Å². The molecule has 0 fully saturated rings. The van der Waals surface area contributed by atoms with Gasteiger partial charge in [-0.15, -0.1) is 0 Å². The molecule has 0 spiro atoms. The van der Waals surface area contributed by atoms with Crippen molar-refractivity contribution < 1.29 is 9.90 Å². The van der Waals surface area contributed by atoms with Gasteiger partial charge in [0.1, 0.15) is 0 Å². The summed E-state index contributed by atoms with van der Waals surface area (Å²) in [5.74, 6) is 0.0704. The third-order valence-corrected chi connectivity index (χ3v) is 3.08. The van der Waals surface area contributed by atoms with E-state index < -0.39 is 6.10 Å². The molecule has 1 aliphatic rings. The molecule has 1 amide bonds. The third-order valence-electron chi connectivity index (χ3n) is 3.08. The van der Waals surface area contributed by atoms with Crippen molar-refractivity contribution in [3.63, 3.8) is 0 Å². The van der Waals surface area contributed by atoms with Crippen LogP contribution in [0.2, 0.25) is 0 Å². The van der Waals surface area contributed by atoms with Crippen LogP contribution in [0.25, 0.3) is 0 Å². The molecule has 3 N–H and O–H groups in total. The maximum atomic E-state index is 11.2. The molecule has 4 nitrogen and oxygen atoms in total. The fourth-order valence-electron chi connectivity index (χ4n) is 2.06. The van der Waals surface area contributed by atoms with E-state index in [1.165, 1.54) is 0 Å². The number of aliphatic hydroxyl groups excluding tert-OH is 1. The zero-order valence-electron chi connectivity index (χ0n) is 9.99. The zero-order valence-corrected chi connectivity index (χ0v) is 9.99. The number of fused-ring (bicyclic) bond motifs is 1. The van der Waals surface area contributed by atoms with Crippen molar-refractivity contribution in [3.8, 4) is 0 Å². The number of carbonyl (C=O) groups is 1. The molecule has 92 valence electrons. The summed E-state index contributed by atoms with van der Waals surface area (Å²) in [6.07, 6.45) is 1.55. The highest BCUT2D eigenvalue weighted by atomic mass is 16.3. The maximum absolute atomic E-state index is 11.2. The predicted molar refractivity (Wildman–Crippen MR) is 66.9 cm³/mol. The van der Waals surface area contributed by atoms with E-state index in [1.54, 1.807) is 0 Å². The van der Waals surface area contributed by atoms with Gasteiger partial charge in [0.2, 0.25) is 5.91 Å². The molecule has 2 rings (SSSR count). The second-order valence-electron chi connectivity index (χ2n) is 4.37. The summed E-state index contributed by atoms with van der Waals surface area (Å²) in [6, 6.07) is 5.75. The van der Waals surface area contributed by atoms with Crippen molar-refractivity contribution in [3.05, 3.63) is 29.3 Å². The lowest BCUT2D eigenvalue weighted by atomic mass is 9.97. The minimum absolute atomic E-state index is 0.0704. The minimum Gasteiger partial charge on any atom is -0.388 e. The van der Waals surface area contributed by atoms with Crippen LogP contribution in [0.1, 0.15) is 30.1 Å². The number of carbonyl (C=O) groups excluding carboxylic acids is 1. The zero-order chi connectivity index (χ0) is 12.3. The van der Waals surface area contributed by atoms with Crippen LogP contribution in [0.4, 0.5) is 5.69 Å². The number of rotatable bonds is 4. The smallest absolute Gasteiger partial charge is 0.224 e. The molecule has 4 heteroatoms. The Labute approximate surface area is 101 Å². The second-order valence-corrected chi connectivity index (χ2v) is 4.37. The summed E-state index contributed by atoms with van der Waals surface area (Å²) >= 11 is 0. The summed E-state index contributed by atoms with van der Waals surface area (Å²) in [7, 11) is 1.87. The molecule has 1 aromatic rings. The van der Waals surface area contributed by atoms with Gasteiger partial charge in [0.25, 0.3) is 0 Å². The molecule has 17 heavy (non-hydrogen) atoms. The molecule has 0 bridgehead atoms. The average Bonchev–Trinajstić information content (AvgIpc) is 2.35. The van der Waals surface area contributed by atoms with Gasteiger partial charge in [0, 0.05) is 12.1 Å². The molecule has 1 aliphatic heterocycles. The number of hydrogen-bond acceptors (Lipinski definition) is 3. The summed E-state index contributed by atoms with van der Waals surface area (Å²) in [4.78, 5) is 11.2. The van der Waals surface area contributed by atoms with E-state index in [0.717, 1.165) is 29.8 Å². The molecule has 1 atom stereocenters. The van der Waals surface area contributed by atoms with Crippen molar-refractivity contribution in [2.45, 2.75) is 25.4 Å². The first-order chi connectivity index (χ1) is 8.20. The summed E-state index contributed by atoms with van der Waals surface area (Å²) in [6.45, 7) is 0.787. The van der Waals surface area contributed by atoms with E-state index in [1.807, 2.05) is 25.2 Å². The van der Waals surface area contributed by atoms with Crippen molar-refractivity contribution in [1.29, 1.82) is 0 Å². The number of amides is 1. The summed E-state index contributed by atoms with van der Waals surface area (Å²) in [5, 5.41) is 15.8. The summed E-state index contributed by atoms with van der Waals surface area (Å²) < 4.78 is 0. The number of benzene rings is 1. The van der Waals surface area contributed by atoms with E-state index in [0.29, 0.717) is 12.8 Å². The van der Waals surface area contributed by atoms with E-state index in [-0.39, 0.29) is 5.91 Å².